The van der Waals surface area contributed by atoms with E-state index in [-0.39, 0.29) is 11.1 Å². The second-order valence-electron chi connectivity index (χ2n) is 10.9. The quantitative estimate of drug-likeness (QED) is 0.178. The summed E-state index contributed by atoms with van der Waals surface area (Å²) in [7, 11) is 0. The Morgan fingerprint density at radius 1 is 0.644 bits per heavy atom. The van der Waals surface area contributed by atoms with Crippen LogP contribution in [0, 0.1) is 13.8 Å². The minimum atomic E-state index is -0.690. The molecule has 45 heavy (non-hydrogen) atoms. The van der Waals surface area contributed by atoms with Crippen LogP contribution in [0.2, 0.25) is 0 Å². The Kier molecular flexibility index (Phi) is 8.55. The molecule has 0 aliphatic rings. The van der Waals surface area contributed by atoms with Crippen molar-refractivity contribution in [2.75, 3.05) is 13.2 Å². The lowest BCUT2D eigenvalue weighted by atomic mass is 9.85. The number of aromatic amines is 2. The maximum absolute atomic E-state index is 14.2. The Balaban J connectivity index is 1.48. The van der Waals surface area contributed by atoms with E-state index in [0.717, 1.165) is 12.0 Å². The number of benzene rings is 4. The number of ether oxygens (including phenoxy) is 2. The van der Waals surface area contributed by atoms with E-state index >= 15 is 0 Å². The number of para-hydroxylation sites is 2. The van der Waals surface area contributed by atoms with Crippen molar-refractivity contribution in [1.82, 2.24) is 19.6 Å². The lowest BCUT2D eigenvalue weighted by Crippen LogP contribution is -2.25. The topological polar surface area (TPSA) is 94.0 Å². The highest BCUT2D eigenvalue weighted by atomic mass is 16.5. The second kappa shape index (κ2) is 13.0. The first-order valence-electron chi connectivity index (χ1n) is 15.1. The summed E-state index contributed by atoms with van der Waals surface area (Å²) in [5.41, 5.74) is 5.20. The van der Waals surface area contributed by atoms with E-state index in [1.807, 2.05) is 118 Å². The van der Waals surface area contributed by atoms with Crippen LogP contribution in [-0.4, -0.2) is 32.8 Å². The number of hydrogen-bond donors (Lipinski definition) is 2. The van der Waals surface area contributed by atoms with Crippen LogP contribution in [0.3, 0.4) is 0 Å². The van der Waals surface area contributed by atoms with Gasteiger partial charge in [-0.2, -0.15) is 0 Å². The monoisotopic (exact) mass is 600 g/mol. The van der Waals surface area contributed by atoms with Crippen molar-refractivity contribution in [2.45, 2.75) is 33.1 Å². The minimum Gasteiger partial charge on any atom is -0.490 e. The van der Waals surface area contributed by atoms with Gasteiger partial charge in [0.25, 0.3) is 11.1 Å². The highest BCUT2D eigenvalue weighted by Crippen LogP contribution is 2.37. The van der Waals surface area contributed by atoms with Crippen LogP contribution in [0.15, 0.2) is 119 Å². The molecule has 0 aliphatic heterocycles. The van der Waals surface area contributed by atoms with Crippen LogP contribution in [0.4, 0.5) is 0 Å². The largest absolute Gasteiger partial charge is 0.490 e. The fourth-order valence-corrected chi connectivity index (χ4v) is 5.81. The van der Waals surface area contributed by atoms with Gasteiger partial charge in [-0.25, -0.2) is 9.36 Å². The maximum atomic E-state index is 14.2. The first kappa shape index (κ1) is 29.6. The molecule has 0 atom stereocenters. The number of rotatable bonds is 11. The van der Waals surface area contributed by atoms with Gasteiger partial charge in [0.05, 0.1) is 35.7 Å². The van der Waals surface area contributed by atoms with Crippen molar-refractivity contribution in [3.63, 3.8) is 0 Å². The molecule has 0 amide bonds. The fraction of sp³-hybridized carbons (Fsp3) is 0.189. The first-order valence-corrected chi connectivity index (χ1v) is 15.1. The third kappa shape index (κ3) is 5.99. The van der Waals surface area contributed by atoms with Crippen LogP contribution in [0.25, 0.3) is 11.4 Å². The Morgan fingerprint density at radius 3 is 1.67 bits per heavy atom. The number of nitrogens with one attached hydrogen (secondary N) is 2. The summed E-state index contributed by atoms with van der Waals surface area (Å²) in [4.78, 5) is 28.4. The van der Waals surface area contributed by atoms with Gasteiger partial charge in [-0.1, -0.05) is 72.8 Å². The standard InChI is InChI=1S/C37H36N4O4/c1-4-44-32-24-28(20-21-31(32)45-23-22-27-14-8-5-9-15-27)35(33-25(2)38-40(36(33)42)29-16-10-6-11-17-29)34-26(3)39-41(37(34)43)30-18-12-7-13-19-30/h5-21,24,35,38-39H,4,22-23H2,1-3H3. The molecule has 8 heteroatoms. The highest BCUT2D eigenvalue weighted by Gasteiger charge is 2.31. The zero-order valence-electron chi connectivity index (χ0n) is 25.6. The molecule has 2 N–H and O–H groups in total. The van der Waals surface area contributed by atoms with Gasteiger partial charge in [0.2, 0.25) is 0 Å². The van der Waals surface area contributed by atoms with E-state index in [0.29, 0.717) is 58.6 Å². The van der Waals surface area contributed by atoms with Crippen LogP contribution in [0.1, 0.15) is 46.5 Å². The maximum Gasteiger partial charge on any atom is 0.275 e. The molecule has 2 heterocycles. The Labute approximate surface area is 261 Å². The smallest absolute Gasteiger partial charge is 0.275 e. The Bertz CT molecular complexity index is 1910. The number of hydrogen-bond acceptors (Lipinski definition) is 4. The second-order valence-corrected chi connectivity index (χ2v) is 10.9. The normalized spacial score (nSPS) is 11.2. The first-order chi connectivity index (χ1) is 22.0. The highest BCUT2D eigenvalue weighted by molar-refractivity contribution is 5.52. The molecule has 0 unspecified atom stereocenters. The summed E-state index contributed by atoms with van der Waals surface area (Å²) in [6.07, 6.45) is 0.750. The van der Waals surface area contributed by atoms with Gasteiger partial charge in [-0.15, -0.1) is 0 Å². The molecule has 6 rings (SSSR count). The van der Waals surface area contributed by atoms with E-state index in [1.54, 1.807) is 0 Å². The molecular formula is C37H36N4O4. The summed E-state index contributed by atoms with van der Waals surface area (Å²) in [6, 6.07) is 34.7. The molecule has 2 aromatic heterocycles. The van der Waals surface area contributed by atoms with Crippen molar-refractivity contribution in [2.24, 2.45) is 0 Å². The Hall–Kier alpha value is -5.50. The molecule has 0 bridgehead atoms. The summed E-state index contributed by atoms with van der Waals surface area (Å²) in [5.74, 6) is 0.474. The van der Waals surface area contributed by atoms with Gasteiger partial charge in [0, 0.05) is 23.7 Å². The van der Waals surface area contributed by atoms with Gasteiger partial charge in [0.1, 0.15) is 0 Å². The molecule has 0 spiro atoms. The SMILES string of the molecule is CCOc1cc(C(c2c(C)[nH]n(-c3ccccc3)c2=O)c2c(C)[nH]n(-c3ccccc3)c2=O)ccc1OCCc1ccccc1. The van der Waals surface area contributed by atoms with Gasteiger partial charge in [0.15, 0.2) is 11.5 Å². The average Bonchev–Trinajstić information content (AvgIpc) is 3.53. The molecule has 4 aromatic carbocycles. The number of nitrogens with zero attached hydrogens (tertiary/aromatic N) is 2. The fourth-order valence-electron chi connectivity index (χ4n) is 5.81. The van der Waals surface area contributed by atoms with E-state index < -0.39 is 5.92 Å². The van der Waals surface area contributed by atoms with Crippen LogP contribution >= 0.6 is 0 Å². The molecule has 0 aliphatic carbocycles. The van der Waals surface area contributed by atoms with E-state index in [2.05, 4.69) is 22.3 Å². The summed E-state index contributed by atoms with van der Waals surface area (Å²) < 4.78 is 15.3. The molecule has 8 nitrogen and oxygen atoms in total. The van der Waals surface area contributed by atoms with E-state index in [9.17, 15) is 9.59 Å². The molecule has 6 aromatic rings. The third-order valence-electron chi connectivity index (χ3n) is 7.93. The molecule has 228 valence electrons. The van der Waals surface area contributed by atoms with Crippen LogP contribution < -0.4 is 20.6 Å². The van der Waals surface area contributed by atoms with Crippen molar-refractivity contribution in [3.8, 4) is 22.9 Å². The number of H-pyrrole nitrogens is 2. The van der Waals surface area contributed by atoms with Crippen LogP contribution in [-0.2, 0) is 6.42 Å². The molecule has 0 saturated carbocycles. The van der Waals surface area contributed by atoms with Gasteiger partial charge in [-0.3, -0.25) is 19.8 Å². The van der Waals surface area contributed by atoms with Gasteiger partial charge >= 0.3 is 0 Å². The van der Waals surface area contributed by atoms with E-state index in [1.165, 1.54) is 14.9 Å². The molecular weight excluding hydrogens is 564 g/mol. The van der Waals surface area contributed by atoms with Gasteiger partial charge in [-0.05, 0) is 68.3 Å². The number of aromatic nitrogens is 4. The molecule has 0 radical (unpaired) electrons. The predicted octanol–water partition coefficient (Wildman–Crippen LogP) is 6.46. The van der Waals surface area contributed by atoms with Crippen molar-refractivity contribution in [3.05, 3.63) is 164 Å². The lowest BCUT2D eigenvalue weighted by molar-refractivity contribution is 0.279. The van der Waals surface area contributed by atoms with E-state index in [4.69, 9.17) is 9.47 Å². The zero-order valence-corrected chi connectivity index (χ0v) is 25.6. The summed E-state index contributed by atoms with van der Waals surface area (Å²) >= 11 is 0. The van der Waals surface area contributed by atoms with Crippen LogP contribution in [0.5, 0.6) is 11.5 Å². The van der Waals surface area contributed by atoms with Crippen molar-refractivity contribution in [1.29, 1.82) is 0 Å². The lowest BCUT2D eigenvalue weighted by Gasteiger charge is -2.19. The Morgan fingerprint density at radius 2 is 1.16 bits per heavy atom. The van der Waals surface area contributed by atoms with Gasteiger partial charge < -0.3 is 9.47 Å². The molecule has 0 saturated heterocycles. The third-order valence-corrected chi connectivity index (χ3v) is 7.93. The van der Waals surface area contributed by atoms with Crippen molar-refractivity contribution < 1.29 is 9.47 Å². The number of aryl methyl sites for hydroxylation is 2. The summed E-state index contributed by atoms with van der Waals surface area (Å²) in [6.45, 7) is 6.56. The molecule has 0 fully saturated rings. The average molecular weight is 601 g/mol. The summed E-state index contributed by atoms with van der Waals surface area (Å²) in [5, 5.41) is 6.50. The predicted molar refractivity (Wildman–Crippen MR) is 176 cm³/mol. The minimum absolute atomic E-state index is 0.226. The van der Waals surface area contributed by atoms with Crippen molar-refractivity contribution >= 4 is 0 Å². The zero-order chi connectivity index (χ0) is 31.3.